The number of benzene rings is 1. The van der Waals surface area contributed by atoms with Crippen molar-refractivity contribution in [1.82, 2.24) is 4.98 Å². The standard InChI is InChI=1S/C12H10F2N2/c1-15-12-4-2-3-11(16-12)8-5-9(13)7-10(14)6-8/h2-7H,1H3,(H,15,16). The molecule has 1 heterocycles. The Kier molecular flexibility index (Phi) is 2.81. The minimum Gasteiger partial charge on any atom is -0.373 e. The van der Waals surface area contributed by atoms with E-state index in [4.69, 9.17) is 0 Å². The van der Waals surface area contributed by atoms with Crippen molar-refractivity contribution in [2.24, 2.45) is 0 Å². The SMILES string of the molecule is CNc1cccc(-c2cc(F)cc(F)c2)n1. The second-order valence-electron chi connectivity index (χ2n) is 3.32. The van der Waals surface area contributed by atoms with Crippen LogP contribution in [0.15, 0.2) is 36.4 Å². The van der Waals surface area contributed by atoms with E-state index in [1.165, 1.54) is 12.1 Å². The van der Waals surface area contributed by atoms with Gasteiger partial charge in [0.25, 0.3) is 0 Å². The number of pyridine rings is 1. The fourth-order valence-corrected chi connectivity index (χ4v) is 1.44. The molecule has 0 amide bonds. The molecule has 82 valence electrons. The maximum absolute atomic E-state index is 13.0. The zero-order chi connectivity index (χ0) is 11.5. The van der Waals surface area contributed by atoms with Gasteiger partial charge in [-0.3, -0.25) is 0 Å². The van der Waals surface area contributed by atoms with Gasteiger partial charge in [-0.15, -0.1) is 0 Å². The van der Waals surface area contributed by atoms with Crippen molar-refractivity contribution in [2.75, 3.05) is 12.4 Å². The van der Waals surface area contributed by atoms with Gasteiger partial charge in [-0.05, 0) is 24.3 Å². The third-order valence-electron chi connectivity index (χ3n) is 2.16. The molecular formula is C12H10F2N2. The topological polar surface area (TPSA) is 24.9 Å². The molecule has 0 atom stereocenters. The summed E-state index contributed by atoms with van der Waals surface area (Å²) in [5.74, 6) is -0.555. The molecule has 1 N–H and O–H groups in total. The molecule has 0 aliphatic heterocycles. The summed E-state index contributed by atoms with van der Waals surface area (Å²) in [5.41, 5.74) is 0.958. The molecule has 0 saturated carbocycles. The molecule has 2 nitrogen and oxygen atoms in total. The number of anilines is 1. The van der Waals surface area contributed by atoms with Crippen molar-refractivity contribution in [3.63, 3.8) is 0 Å². The minimum atomic E-state index is -0.605. The zero-order valence-corrected chi connectivity index (χ0v) is 8.67. The summed E-state index contributed by atoms with van der Waals surface area (Å²) in [4.78, 5) is 4.20. The van der Waals surface area contributed by atoms with Crippen LogP contribution in [0, 0.1) is 11.6 Å². The summed E-state index contributed by atoms with van der Waals surface area (Å²) in [5, 5.41) is 2.87. The minimum absolute atomic E-state index is 0.426. The fourth-order valence-electron chi connectivity index (χ4n) is 1.44. The predicted molar refractivity (Wildman–Crippen MR) is 59.1 cm³/mol. The molecule has 0 aliphatic carbocycles. The molecule has 4 heteroatoms. The molecule has 1 aromatic carbocycles. The first-order chi connectivity index (χ1) is 7.69. The Morgan fingerprint density at radius 1 is 1.06 bits per heavy atom. The monoisotopic (exact) mass is 220 g/mol. The lowest BCUT2D eigenvalue weighted by Gasteiger charge is -2.04. The average Bonchev–Trinajstić information content (AvgIpc) is 2.28. The molecule has 1 aromatic heterocycles. The normalized spacial score (nSPS) is 10.2. The van der Waals surface area contributed by atoms with Crippen LogP contribution in [0.3, 0.4) is 0 Å². The molecule has 0 bridgehead atoms. The predicted octanol–water partition coefficient (Wildman–Crippen LogP) is 3.07. The van der Waals surface area contributed by atoms with Crippen LogP contribution < -0.4 is 5.32 Å². The van der Waals surface area contributed by atoms with E-state index in [9.17, 15) is 8.78 Å². The van der Waals surface area contributed by atoms with Crippen molar-refractivity contribution in [3.05, 3.63) is 48.0 Å². The lowest BCUT2D eigenvalue weighted by Crippen LogP contribution is -1.93. The van der Waals surface area contributed by atoms with Gasteiger partial charge < -0.3 is 5.32 Å². The first kappa shape index (κ1) is 10.5. The first-order valence-electron chi connectivity index (χ1n) is 4.80. The van der Waals surface area contributed by atoms with Crippen LogP contribution in [0.25, 0.3) is 11.3 Å². The third kappa shape index (κ3) is 2.16. The maximum atomic E-state index is 13.0. The van der Waals surface area contributed by atoms with Crippen molar-refractivity contribution in [2.45, 2.75) is 0 Å². The first-order valence-corrected chi connectivity index (χ1v) is 4.80. The molecule has 0 fully saturated rings. The van der Waals surface area contributed by atoms with Gasteiger partial charge in [0.15, 0.2) is 0 Å². The second-order valence-corrected chi connectivity index (χ2v) is 3.32. The third-order valence-corrected chi connectivity index (χ3v) is 2.16. The number of hydrogen-bond acceptors (Lipinski definition) is 2. The molecule has 2 aromatic rings. The molecule has 0 spiro atoms. The summed E-state index contributed by atoms with van der Waals surface area (Å²) in [6.07, 6.45) is 0. The molecule has 0 aliphatic rings. The Bertz CT molecular complexity index is 492. The van der Waals surface area contributed by atoms with Gasteiger partial charge in [-0.25, -0.2) is 13.8 Å². The average molecular weight is 220 g/mol. The Morgan fingerprint density at radius 3 is 2.38 bits per heavy atom. The lowest BCUT2D eigenvalue weighted by atomic mass is 10.1. The van der Waals surface area contributed by atoms with Crippen molar-refractivity contribution < 1.29 is 8.78 Å². The van der Waals surface area contributed by atoms with Crippen molar-refractivity contribution in [3.8, 4) is 11.3 Å². The van der Waals surface area contributed by atoms with Gasteiger partial charge in [0.2, 0.25) is 0 Å². The summed E-state index contributed by atoms with van der Waals surface area (Å²) in [7, 11) is 1.73. The van der Waals surface area contributed by atoms with E-state index in [1.54, 1.807) is 25.2 Å². The molecule has 16 heavy (non-hydrogen) atoms. The highest BCUT2D eigenvalue weighted by molar-refractivity contribution is 5.61. The van der Waals surface area contributed by atoms with Gasteiger partial charge in [-0.2, -0.15) is 0 Å². The smallest absolute Gasteiger partial charge is 0.126 e. The summed E-state index contributed by atoms with van der Waals surface area (Å²) >= 11 is 0. The second kappa shape index (κ2) is 4.26. The summed E-state index contributed by atoms with van der Waals surface area (Å²) in [6.45, 7) is 0. The number of halogens is 2. The van der Waals surface area contributed by atoms with E-state index in [0.717, 1.165) is 6.07 Å². The van der Waals surface area contributed by atoms with Crippen molar-refractivity contribution >= 4 is 5.82 Å². The van der Waals surface area contributed by atoms with Crippen LogP contribution in [-0.2, 0) is 0 Å². The molecule has 0 unspecified atom stereocenters. The van der Waals surface area contributed by atoms with Gasteiger partial charge in [0.05, 0.1) is 5.69 Å². The van der Waals surface area contributed by atoms with E-state index in [0.29, 0.717) is 17.1 Å². The number of hydrogen-bond donors (Lipinski definition) is 1. The van der Waals surface area contributed by atoms with E-state index in [2.05, 4.69) is 10.3 Å². The highest BCUT2D eigenvalue weighted by Gasteiger charge is 2.04. The molecule has 0 saturated heterocycles. The van der Waals surface area contributed by atoms with Crippen LogP contribution in [0.1, 0.15) is 0 Å². The highest BCUT2D eigenvalue weighted by atomic mass is 19.1. The van der Waals surface area contributed by atoms with E-state index >= 15 is 0 Å². The number of nitrogens with zero attached hydrogens (tertiary/aromatic N) is 1. The van der Waals surface area contributed by atoms with Crippen LogP contribution in [-0.4, -0.2) is 12.0 Å². The largest absolute Gasteiger partial charge is 0.373 e. The molecular weight excluding hydrogens is 210 g/mol. The van der Waals surface area contributed by atoms with Crippen LogP contribution in [0.4, 0.5) is 14.6 Å². The number of nitrogens with one attached hydrogen (secondary N) is 1. The Labute approximate surface area is 92.0 Å². The summed E-state index contributed by atoms with van der Waals surface area (Å²) < 4.78 is 26.0. The lowest BCUT2D eigenvalue weighted by molar-refractivity contribution is 0.584. The summed E-state index contributed by atoms with van der Waals surface area (Å²) in [6, 6.07) is 8.60. The molecule has 0 radical (unpaired) electrons. The van der Waals surface area contributed by atoms with Gasteiger partial charge in [-0.1, -0.05) is 6.07 Å². The van der Waals surface area contributed by atoms with Crippen LogP contribution in [0.5, 0.6) is 0 Å². The zero-order valence-electron chi connectivity index (χ0n) is 8.67. The molecule has 2 rings (SSSR count). The fraction of sp³-hybridized carbons (Fsp3) is 0.0833. The van der Waals surface area contributed by atoms with Gasteiger partial charge in [0.1, 0.15) is 17.5 Å². The Morgan fingerprint density at radius 2 is 1.75 bits per heavy atom. The van der Waals surface area contributed by atoms with Crippen LogP contribution >= 0.6 is 0 Å². The van der Waals surface area contributed by atoms with Gasteiger partial charge >= 0.3 is 0 Å². The van der Waals surface area contributed by atoms with E-state index in [1.807, 2.05) is 0 Å². The maximum Gasteiger partial charge on any atom is 0.126 e. The van der Waals surface area contributed by atoms with Gasteiger partial charge in [0, 0.05) is 18.7 Å². The Hall–Kier alpha value is -1.97. The van der Waals surface area contributed by atoms with E-state index < -0.39 is 11.6 Å². The van der Waals surface area contributed by atoms with Crippen molar-refractivity contribution in [1.29, 1.82) is 0 Å². The quantitative estimate of drug-likeness (QED) is 0.841. The Balaban J connectivity index is 2.49. The van der Waals surface area contributed by atoms with E-state index in [-0.39, 0.29) is 0 Å². The number of aromatic nitrogens is 1. The van der Waals surface area contributed by atoms with Crippen LogP contribution in [0.2, 0.25) is 0 Å². The number of rotatable bonds is 2. The highest BCUT2D eigenvalue weighted by Crippen LogP contribution is 2.20.